The van der Waals surface area contributed by atoms with Gasteiger partial charge in [-0.25, -0.2) is 0 Å². The summed E-state index contributed by atoms with van der Waals surface area (Å²) in [5.41, 5.74) is 2.66. The van der Waals surface area contributed by atoms with Crippen molar-refractivity contribution in [3.05, 3.63) is 28.8 Å². The first-order valence-corrected chi connectivity index (χ1v) is 7.58. The van der Waals surface area contributed by atoms with E-state index in [1.807, 2.05) is 13.1 Å². The van der Waals surface area contributed by atoms with Crippen molar-refractivity contribution in [3.8, 4) is 0 Å². The van der Waals surface area contributed by atoms with E-state index in [-0.39, 0.29) is 0 Å². The van der Waals surface area contributed by atoms with Crippen LogP contribution in [-0.4, -0.2) is 44.2 Å². The second kappa shape index (κ2) is 5.70. The molecule has 3 rings (SSSR count). The van der Waals surface area contributed by atoms with E-state index in [2.05, 4.69) is 27.2 Å². The van der Waals surface area contributed by atoms with Crippen LogP contribution in [0.2, 0.25) is 5.02 Å². The Morgan fingerprint density at radius 1 is 1.32 bits per heavy atom. The van der Waals surface area contributed by atoms with Crippen molar-refractivity contribution < 1.29 is 0 Å². The molecule has 19 heavy (non-hydrogen) atoms. The number of fused-ring (bicyclic) bond motifs is 1. The topological polar surface area (TPSA) is 18.5 Å². The molecule has 0 bridgehead atoms. The molecule has 0 radical (unpaired) electrons. The summed E-state index contributed by atoms with van der Waals surface area (Å²) in [6.07, 6.45) is 2.70. The molecule has 2 fully saturated rings. The Balaban J connectivity index is 1.82. The van der Waals surface area contributed by atoms with Crippen molar-refractivity contribution in [2.75, 3.05) is 38.1 Å². The number of halogens is 1. The van der Waals surface area contributed by atoms with Crippen molar-refractivity contribution in [2.24, 2.45) is 0 Å². The predicted molar refractivity (Wildman–Crippen MR) is 81.0 cm³/mol. The molecule has 1 atom stereocenters. The number of anilines is 1. The number of piperazine rings is 1. The fraction of sp³-hybridized carbons (Fsp3) is 0.600. The van der Waals surface area contributed by atoms with Crippen LogP contribution < -0.4 is 10.2 Å². The summed E-state index contributed by atoms with van der Waals surface area (Å²) in [6, 6.07) is 7.01. The van der Waals surface area contributed by atoms with Crippen LogP contribution in [0.5, 0.6) is 0 Å². The first-order valence-electron chi connectivity index (χ1n) is 7.20. The van der Waals surface area contributed by atoms with E-state index in [4.69, 9.17) is 11.6 Å². The molecule has 3 nitrogen and oxygen atoms in total. The van der Waals surface area contributed by atoms with Crippen LogP contribution in [0.25, 0.3) is 0 Å². The van der Waals surface area contributed by atoms with Gasteiger partial charge in [0.15, 0.2) is 0 Å². The molecule has 0 saturated carbocycles. The van der Waals surface area contributed by atoms with Gasteiger partial charge in [0.1, 0.15) is 0 Å². The van der Waals surface area contributed by atoms with Gasteiger partial charge in [0, 0.05) is 42.9 Å². The SMILES string of the molecule is CNCc1ccc(Cl)cc1N1CCN2CCCC2C1. The number of hydrogen-bond acceptors (Lipinski definition) is 3. The van der Waals surface area contributed by atoms with Crippen LogP contribution >= 0.6 is 11.6 Å². The second-order valence-electron chi connectivity index (χ2n) is 5.58. The third-order valence-corrected chi connectivity index (χ3v) is 4.58. The average molecular weight is 280 g/mol. The van der Waals surface area contributed by atoms with Crippen molar-refractivity contribution in [1.29, 1.82) is 0 Å². The smallest absolute Gasteiger partial charge is 0.0427 e. The quantitative estimate of drug-likeness (QED) is 0.916. The molecule has 2 heterocycles. The van der Waals surface area contributed by atoms with Gasteiger partial charge in [0.05, 0.1) is 0 Å². The molecule has 0 spiro atoms. The van der Waals surface area contributed by atoms with Crippen LogP contribution in [0.15, 0.2) is 18.2 Å². The fourth-order valence-corrected chi connectivity index (χ4v) is 3.55. The van der Waals surface area contributed by atoms with E-state index < -0.39 is 0 Å². The first-order chi connectivity index (χ1) is 9.28. The Hall–Kier alpha value is -0.770. The van der Waals surface area contributed by atoms with Crippen molar-refractivity contribution >= 4 is 17.3 Å². The molecule has 1 aromatic rings. The molecule has 1 N–H and O–H groups in total. The summed E-state index contributed by atoms with van der Waals surface area (Å²) in [5.74, 6) is 0. The molecule has 1 aromatic carbocycles. The third-order valence-electron chi connectivity index (χ3n) is 4.34. The number of nitrogens with one attached hydrogen (secondary N) is 1. The summed E-state index contributed by atoms with van der Waals surface area (Å²) < 4.78 is 0. The van der Waals surface area contributed by atoms with Crippen LogP contribution in [0, 0.1) is 0 Å². The van der Waals surface area contributed by atoms with E-state index in [0.29, 0.717) is 0 Å². The highest BCUT2D eigenvalue weighted by molar-refractivity contribution is 6.30. The monoisotopic (exact) mass is 279 g/mol. The lowest BCUT2D eigenvalue weighted by atomic mass is 10.1. The standard InChI is InChI=1S/C15H22ClN3/c1-17-10-12-4-5-13(16)9-15(12)19-8-7-18-6-2-3-14(18)11-19/h4-5,9,14,17H,2-3,6-8,10-11H2,1H3. The molecule has 2 aliphatic rings. The van der Waals surface area contributed by atoms with E-state index in [1.54, 1.807) is 0 Å². The number of hydrogen-bond donors (Lipinski definition) is 1. The minimum Gasteiger partial charge on any atom is -0.368 e. The lowest BCUT2D eigenvalue weighted by molar-refractivity contribution is 0.231. The van der Waals surface area contributed by atoms with Crippen LogP contribution in [0.4, 0.5) is 5.69 Å². The molecule has 1 unspecified atom stereocenters. The van der Waals surface area contributed by atoms with E-state index in [9.17, 15) is 0 Å². The minimum atomic E-state index is 0.746. The highest BCUT2D eigenvalue weighted by Crippen LogP contribution is 2.29. The van der Waals surface area contributed by atoms with Gasteiger partial charge in [-0.3, -0.25) is 4.90 Å². The van der Waals surface area contributed by atoms with Gasteiger partial charge < -0.3 is 10.2 Å². The Kier molecular flexibility index (Phi) is 3.96. The lowest BCUT2D eigenvalue weighted by Crippen LogP contribution is -2.50. The van der Waals surface area contributed by atoms with Gasteiger partial charge in [-0.2, -0.15) is 0 Å². The molecule has 4 heteroatoms. The Bertz CT molecular complexity index is 449. The van der Waals surface area contributed by atoms with E-state index >= 15 is 0 Å². The molecule has 104 valence electrons. The van der Waals surface area contributed by atoms with Crippen molar-refractivity contribution in [2.45, 2.75) is 25.4 Å². The molecule has 0 aliphatic carbocycles. The van der Waals surface area contributed by atoms with Gasteiger partial charge in [-0.05, 0) is 44.1 Å². The summed E-state index contributed by atoms with van der Waals surface area (Å²) in [6.45, 7) is 5.65. The predicted octanol–water partition coefficient (Wildman–Crippen LogP) is 2.34. The minimum absolute atomic E-state index is 0.746. The summed E-state index contributed by atoms with van der Waals surface area (Å²) >= 11 is 6.19. The first kappa shape index (κ1) is 13.2. The maximum absolute atomic E-state index is 6.19. The Labute approximate surface area is 120 Å². The van der Waals surface area contributed by atoms with Gasteiger partial charge in [-0.1, -0.05) is 17.7 Å². The number of nitrogens with zero attached hydrogens (tertiary/aromatic N) is 2. The zero-order valence-electron chi connectivity index (χ0n) is 11.5. The number of rotatable bonds is 3. The van der Waals surface area contributed by atoms with Gasteiger partial charge in [-0.15, -0.1) is 0 Å². The van der Waals surface area contributed by atoms with Crippen LogP contribution in [0.1, 0.15) is 18.4 Å². The Morgan fingerprint density at radius 3 is 3.05 bits per heavy atom. The summed E-state index contributed by atoms with van der Waals surface area (Å²) in [4.78, 5) is 5.16. The molecular weight excluding hydrogens is 258 g/mol. The zero-order chi connectivity index (χ0) is 13.2. The average Bonchev–Trinajstić information content (AvgIpc) is 2.88. The molecule has 0 aromatic heterocycles. The molecule has 2 saturated heterocycles. The zero-order valence-corrected chi connectivity index (χ0v) is 12.3. The van der Waals surface area contributed by atoms with Gasteiger partial charge in [0.2, 0.25) is 0 Å². The number of benzene rings is 1. The fourth-order valence-electron chi connectivity index (χ4n) is 3.38. The third kappa shape index (κ3) is 2.73. The van der Waals surface area contributed by atoms with Gasteiger partial charge in [0.25, 0.3) is 0 Å². The summed E-state index contributed by atoms with van der Waals surface area (Å²) in [7, 11) is 1.99. The molecular formula is C15H22ClN3. The van der Waals surface area contributed by atoms with Crippen molar-refractivity contribution in [1.82, 2.24) is 10.2 Å². The van der Waals surface area contributed by atoms with E-state index in [1.165, 1.54) is 37.2 Å². The normalized spacial score (nSPS) is 23.7. The second-order valence-corrected chi connectivity index (χ2v) is 6.02. The highest BCUT2D eigenvalue weighted by Gasteiger charge is 2.31. The van der Waals surface area contributed by atoms with Gasteiger partial charge >= 0.3 is 0 Å². The maximum atomic E-state index is 6.19. The highest BCUT2D eigenvalue weighted by atomic mass is 35.5. The van der Waals surface area contributed by atoms with Crippen molar-refractivity contribution in [3.63, 3.8) is 0 Å². The lowest BCUT2D eigenvalue weighted by Gasteiger charge is -2.39. The maximum Gasteiger partial charge on any atom is 0.0427 e. The molecule has 0 amide bonds. The van der Waals surface area contributed by atoms with E-state index in [0.717, 1.165) is 30.7 Å². The Morgan fingerprint density at radius 2 is 2.21 bits per heavy atom. The van der Waals surface area contributed by atoms with Crippen LogP contribution in [-0.2, 0) is 6.54 Å². The molecule has 2 aliphatic heterocycles. The summed E-state index contributed by atoms with van der Waals surface area (Å²) in [5, 5.41) is 4.09. The largest absolute Gasteiger partial charge is 0.368 e. The van der Waals surface area contributed by atoms with Crippen LogP contribution in [0.3, 0.4) is 0 Å².